The lowest BCUT2D eigenvalue weighted by Gasteiger charge is -2.06. The molecule has 0 saturated carbocycles. The topological polar surface area (TPSA) is 67.9 Å². The number of fused-ring (bicyclic) bond motifs is 1. The lowest BCUT2D eigenvalue weighted by atomic mass is 10.3. The predicted molar refractivity (Wildman–Crippen MR) is 77.3 cm³/mol. The third-order valence-corrected chi connectivity index (χ3v) is 3.63. The van der Waals surface area contributed by atoms with Crippen molar-refractivity contribution in [2.24, 2.45) is 0 Å². The second-order valence-corrected chi connectivity index (χ2v) is 5.08. The number of thioether (sulfide) groups is 1. The third kappa shape index (κ3) is 3.31. The molecule has 0 radical (unpaired) electrons. The molecule has 5 nitrogen and oxygen atoms in total. The van der Waals surface area contributed by atoms with Gasteiger partial charge >= 0.3 is 5.97 Å². The molecule has 0 aliphatic heterocycles. The first-order valence-electron chi connectivity index (χ1n) is 6.37. The van der Waals surface area contributed by atoms with Gasteiger partial charge in [0.2, 0.25) is 0 Å². The zero-order valence-electron chi connectivity index (χ0n) is 11.2. The van der Waals surface area contributed by atoms with Gasteiger partial charge in [0, 0.05) is 6.54 Å². The Balaban J connectivity index is 2.14. The maximum atomic E-state index is 11.4. The third-order valence-electron chi connectivity index (χ3n) is 2.68. The number of ether oxygens (including phenoxy) is 1. The van der Waals surface area contributed by atoms with Crippen LogP contribution in [0, 0.1) is 11.3 Å². The molecule has 0 atom stereocenters. The van der Waals surface area contributed by atoms with Crippen LogP contribution in [0.5, 0.6) is 0 Å². The minimum Gasteiger partial charge on any atom is -0.450 e. The van der Waals surface area contributed by atoms with Gasteiger partial charge in [-0.15, -0.1) is 0 Å². The van der Waals surface area contributed by atoms with Crippen molar-refractivity contribution in [1.82, 2.24) is 9.55 Å². The number of aryl methyl sites for hydroxylation is 1. The normalized spacial score (nSPS) is 10.4. The molecule has 0 fully saturated rings. The highest BCUT2D eigenvalue weighted by Gasteiger charge is 2.12. The number of carbonyl (C=O) groups is 1. The van der Waals surface area contributed by atoms with Crippen LogP contribution in [0.25, 0.3) is 11.0 Å². The predicted octanol–water partition coefficient (Wildman–Crippen LogP) is 2.61. The number of nitrogens with zero attached hydrogens (tertiary/aromatic N) is 3. The largest absolute Gasteiger partial charge is 0.450 e. The van der Waals surface area contributed by atoms with Crippen LogP contribution in [0.4, 0.5) is 0 Å². The molecular formula is C14H15N3O2S. The van der Waals surface area contributed by atoms with Gasteiger partial charge in [-0.1, -0.05) is 30.8 Å². The first-order chi connectivity index (χ1) is 9.76. The number of nitriles is 1. The fourth-order valence-electron chi connectivity index (χ4n) is 1.88. The van der Waals surface area contributed by atoms with Crippen LogP contribution in [0.1, 0.15) is 13.3 Å². The zero-order chi connectivity index (χ0) is 14.4. The van der Waals surface area contributed by atoms with E-state index in [2.05, 4.69) is 16.5 Å². The van der Waals surface area contributed by atoms with Crippen LogP contribution in [0.15, 0.2) is 29.4 Å². The summed E-state index contributed by atoms with van der Waals surface area (Å²) in [5.41, 5.74) is 2.00. The van der Waals surface area contributed by atoms with Gasteiger partial charge in [-0.2, -0.15) is 5.26 Å². The number of hydrogen-bond donors (Lipinski definition) is 0. The first-order valence-corrected chi connectivity index (χ1v) is 7.35. The average Bonchev–Trinajstić information content (AvgIpc) is 2.81. The van der Waals surface area contributed by atoms with Crippen LogP contribution >= 0.6 is 11.8 Å². The van der Waals surface area contributed by atoms with Crippen molar-refractivity contribution >= 4 is 28.8 Å². The van der Waals surface area contributed by atoms with Gasteiger partial charge in [0.1, 0.15) is 6.07 Å². The lowest BCUT2D eigenvalue weighted by molar-refractivity contribution is -0.139. The summed E-state index contributed by atoms with van der Waals surface area (Å²) in [4.78, 5) is 16.0. The molecule has 0 bridgehead atoms. The summed E-state index contributed by atoms with van der Waals surface area (Å²) in [6.07, 6.45) is 0.993. The number of benzene rings is 1. The van der Waals surface area contributed by atoms with Crippen LogP contribution in [0.2, 0.25) is 0 Å². The van der Waals surface area contributed by atoms with Crippen molar-refractivity contribution < 1.29 is 9.53 Å². The highest BCUT2D eigenvalue weighted by atomic mass is 32.2. The summed E-state index contributed by atoms with van der Waals surface area (Å²) in [7, 11) is 0. The molecule has 104 valence electrons. The Labute approximate surface area is 121 Å². The molecule has 1 heterocycles. The summed E-state index contributed by atoms with van der Waals surface area (Å²) < 4.78 is 6.84. The van der Waals surface area contributed by atoms with Crippen molar-refractivity contribution in [1.29, 1.82) is 5.26 Å². The fourth-order valence-corrected chi connectivity index (χ4v) is 2.72. The second kappa shape index (κ2) is 6.96. The molecule has 20 heavy (non-hydrogen) atoms. The smallest absolute Gasteiger partial charge is 0.317 e. The highest BCUT2D eigenvalue weighted by molar-refractivity contribution is 7.99. The molecule has 0 aliphatic carbocycles. The van der Waals surface area contributed by atoms with Gasteiger partial charge < -0.3 is 9.30 Å². The fraction of sp³-hybridized carbons (Fsp3) is 0.357. The van der Waals surface area contributed by atoms with Gasteiger partial charge in [0.25, 0.3) is 0 Å². The second-order valence-electron chi connectivity index (χ2n) is 4.14. The van der Waals surface area contributed by atoms with Crippen molar-refractivity contribution in [2.45, 2.75) is 25.0 Å². The number of rotatable bonds is 6. The average molecular weight is 289 g/mol. The van der Waals surface area contributed by atoms with E-state index in [1.54, 1.807) is 6.07 Å². The molecule has 0 aliphatic rings. The van der Waals surface area contributed by atoms with Gasteiger partial charge in [0.05, 0.1) is 16.8 Å². The number of carbonyl (C=O) groups excluding carboxylic acids is 1. The lowest BCUT2D eigenvalue weighted by Crippen LogP contribution is -2.08. The molecular weight excluding hydrogens is 274 g/mol. The van der Waals surface area contributed by atoms with E-state index in [1.807, 2.05) is 24.3 Å². The van der Waals surface area contributed by atoms with Gasteiger partial charge in [-0.25, -0.2) is 4.98 Å². The molecule has 1 aromatic heterocycles. The number of hydrogen-bond acceptors (Lipinski definition) is 5. The zero-order valence-corrected chi connectivity index (χ0v) is 12.0. The van der Waals surface area contributed by atoms with E-state index in [-0.39, 0.29) is 12.4 Å². The summed E-state index contributed by atoms with van der Waals surface area (Å²) in [6.45, 7) is 2.76. The minimum atomic E-state index is -0.397. The maximum absolute atomic E-state index is 11.4. The first kappa shape index (κ1) is 14.4. The van der Waals surface area contributed by atoms with Crippen LogP contribution in [-0.2, 0) is 16.1 Å². The van der Waals surface area contributed by atoms with Gasteiger partial charge in [-0.3, -0.25) is 4.79 Å². The monoisotopic (exact) mass is 289 g/mol. The van der Waals surface area contributed by atoms with Crippen molar-refractivity contribution in [3.8, 4) is 6.07 Å². The van der Waals surface area contributed by atoms with E-state index < -0.39 is 5.97 Å². The molecule has 0 spiro atoms. The Morgan fingerprint density at radius 3 is 3.05 bits per heavy atom. The van der Waals surface area contributed by atoms with Crippen LogP contribution < -0.4 is 0 Å². The van der Waals surface area contributed by atoms with E-state index in [0.717, 1.165) is 29.2 Å². The maximum Gasteiger partial charge on any atom is 0.317 e. The Bertz CT molecular complexity index is 645. The number of esters is 1. The molecule has 0 unspecified atom stereocenters. The Hall–Kier alpha value is -2.00. The van der Waals surface area contributed by atoms with Crippen molar-refractivity contribution in [2.75, 3.05) is 12.4 Å². The Kier molecular flexibility index (Phi) is 5.02. The summed E-state index contributed by atoms with van der Waals surface area (Å²) >= 11 is 1.34. The molecule has 2 aromatic rings. The Morgan fingerprint density at radius 2 is 2.30 bits per heavy atom. The SMILES string of the molecule is CCCn1c(SCC(=O)OCC#N)nc2ccccc21. The molecule has 0 amide bonds. The van der Waals surface area contributed by atoms with Crippen LogP contribution in [0.3, 0.4) is 0 Å². The van der Waals surface area contributed by atoms with Crippen molar-refractivity contribution in [3.63, 3.8) is 0 Å². The van der Waals surface area contributed by atoms with Crippen LogP contribution in [-0.4, -0.2) is 27.9 Å². The number of para-hydroxylation sites is 2. The van der Waals surface area contributed by atoms with E-state index in [0.29, 0.717) is 0 Å². The van der Waals surface area contributed by atoms with Gasteiger partial charge in [0.15, 0.2) is 11.8 Å². The molecule has 1 aromatic carbocycles. The van der Waals surface area contributed by atoms with E-state index in [1.165, 1.54) is 11.8 Å². The van der Waals surface area contributed by atoms with E-state index >= 15 is 0 Å². The molecule has 2 rings (SSSR count). The molecule has 0 N–H and O–H groups in total. The number of imidazole rings is 1. The quantitative estimate of drug-likeness (QED) is 0.604. The van der Waals surface area contributed by atoms with E-state index in [9.17, 15) is 4.79 Å². The summed E-state index contributed by atoms with van der Waals surface area (Å²) in [6, 6.07) is 9.68. The summed E-state index contributed by atoms with van der Waals surface area (Å²) in [5.74, 6) is -0.235. The van der Waals surface area contributed by atoms with Crippen molar-refractivity contribution in [3.05, 3.63) is 24.3 Å². The van der Waals surface area contributed by atoms with Gasteiger partial charge in [-0.05, 0) is 18.6 Å². The minimum absolute atomic E-state index is 0.161. The summed E-state index contributed by atoms with van der Waals surface area (Å²) in [5, 5.41) is 9.17. The molecule has 6 heteroatoms. The van der Waals surface area contributed by atoms with E-state index in [4.69, 9.17) is 10.00 Å². The molecule has 0 saturated heterocycles. The number of aromatic nitrogens is 2. The standard InChI is InChI=1S/C14H15N3O2S/c1-2-8-17-12-6-4-3-5-11(12)16-14(17)20-10-13(18)19-9-7-15/h3-6H,2,8-10H2,1H3. The Morgan fingerprint density at radius 1 is 1.50 bits per heavy atom. The highest BCUT2D eigenvalue weighted by Crippen LogP contribution is 2.24.